The van der Waals surface area contributed by atoms with E-state index in [1.807, 2.05) is 60.8 Å². The fourth-order valence-electron chi connectivity index (χ4n) is 4.81. The standard InChI is InChI=1S/C31H27N5O3/c1-19(32)28(20(2)37)23-16-27-29(35-17-23)24(21-10-12-22(13-11-21)31(38)39-3)18-36(27)30(25-8-4-6-14-33-25)26-9-5-7-15-34-26/h4-18,30H,32H2,1-3H3. The van der Waals surface area contributed by atoms with Crippen LogP contribution in [0, 0.1) is 0 Å². The van der Waals surface area contributed by atoms with Crippen LogP contribution in [0.5, 0.6) is 0 Å². The lowest BCUT2D eigenvalue weighted by molar-refractivity contribution is -0.111. The topological polar surface area (TPSA) is 113 Å². The molecule has 2 N–H and O–H groups in total. The van der Waals surface area contributed by atoms with Crippen LogP contribution in [-0.4, -0.2) is 38.4 Å². The van der Waals surface area contributed by atoms with Crippen molar-refractivity contribution in [2.24, 2.45) is 5.73 Å². The molecule has 0 unspecified atom stereocenters. The molecule has 0 fully saturated rings. The smallest absolute Gasteiger partial charge is 0.337 e. The summed E-state index contributed by atoms with van der Waals surface area (Å²) in [7, 11) is 1.35. The van der Waals surface area contributed by atoms with Gasteiger partial charge < -0.3 is 15.0 Å². The third-order valence-electron chi connectivity index (χ3n) is 6.54. The van der Waals surface area contributed by atoms with Crippen molar-refractivity contribution in [3.05, 3.63) is 120 Å². The van der Waals surface area contributed by atoms with Gasteiger partial charge in [0.1, 0.15) is 6.04 Å². The Bertz CT molecular complexity index is 1650. The number of pyridine rings is 3. The molecule has 5 aromatic rings. The van der Waals surface area contributed by atoms with Gasteiger partial charge in [0.15, 0.2) is 5.78 Å². The number of esters is 1. The second kappa shape index (κ2) is 10.7. The van der Waals surface area contributed by atoms with E-state index in [-0.39, 0.29) is 11.8 Å². The van der Waals surface area contributed by atoms with Gasteiger partial charge in [0, 0.05) is 47.2 Å². The summed E-state index contributed by atoms with van der Waals surface area (Å²) >= 11 is 0. The number of benzene rings is 1. The number of ketones is 1. The van der Waals surface area contributed by atoms with Crippen LogP contribution in [0.1, 0.15) is 47.2 Å². The van der Waals surface area contributed by atoms with Gasteiger partial charge in [0.25, 0.3) is 0 Å². The number of aromatic nitrogens is 4. The summed E-state index contributed by atoms with van der Waals surface area (Å²) in [6.45, 7) is 3.20. The molecule has 0 radical (unpaired) electrons. The van der Waals surface area contributed by atoms with E-state index >= 15 is 0 Å². The highest BCUT2D eigenvalue weighted by molar-refractivity contribution is 6.20. The highest BCUT2D eigenvalue weighted by atomic mass is 16.5. The summed E-state index contributed by atoms with van der Waals surface area (Å²) in [6.07, 6.45) is 7.18. The number of rotatable bonds is 7. The molecule has 0 saturated heterocycles. The van der Waals surface area contributed by atoms with Gasteiger partial charge in [-0.05, 0) is 61.9 Å². The number of hydrogen-bond acceptors (Lipinski definition) is 7. The maximum absolute atomic E-state index is 12.5. The summed E-state index contributed by atoms with van der Waals surface area (Å²) in [4.78, 5) is 38.6. The molecule has 0 amide bonds. The Morgan fingerprint density at radius 3 is 2.03 bits per heavy atom. The van der Waals surface area contributed by atoms with Crippen LogP contribution < -0.4 is 5.73 Å². The lowest BCUT2D eigenvalue weighted by Gasteiger charge is -2.19. The largest absolute Gasteiger partial charge is 0.465 e. The van der Waals surface area contributed by atoms with Crippen molar-refractivity contribution in [1.82, 2.24) is 19.5 Å². The lowest BCUT2D eigenvalue weighted by atomic mass is 10.0. The molecule has 1 aromatic carbocycles. The minimum atomic E-state index is -0.405. The van der Waals surface area contributed by atoms with Crippen LogP contribution >= 0.6 is 0 Å². The quantitative estimate of drug-likeness (QED) is 0.233. The summed E-state index contributed by atoms with van der Waals surface area (Å²) in [6, 6.07) is 20.3. The number of carbonyl (C=O) groups excluding carboxylic acids is 2. The van der Waals surface area contributed by atoms with Gasteiger partial charge in [-0.25, -0.2) is 4.79 Å². The van der Waals surface area contributed by atoms with E-state index in [9.17, 15) is 9.59 Å². The Labute approximate surface area is 225 Å². The number of methoxy groups -OCH3 is 1. The van der Waals surface area contributed by atoms with Crippen molar-refractivity contribution in [3.8, 4) is 11.1 Å². The van der Waals surface area contributed by atoms with Gasteiger partial charge in [-0.1, -0.05) is 24.3 Å². The monoisotopic (exact) mass is 517 g/mol. The molecule has 194 valence electrons. The predicted molar refractivity (Wildman–Crippen MR) is 150 cm³/mol. The van der Waals surface area contributed by atoms with Crippen LogP contribution in [-0.2, 0) is 9.53 Å². The van der Waals surface area contributed by atoms with Crippen LogP contribution in [0.3, 0.4) is 0 Å². The Hall–Kier alpha value is -5.11. The maximum Gasteiger partial charge on any atom is 0.337 e. The molecule has 0 aliphatic carbocycles. The molecule has 0 aliphatic rings. The highest BCUT2D eigenvalue weighted by Gasteiger charge is 2.24. The van der Waals surface area contributed by atoms with E-state index in [1.165, 1.54) is 14.0 Å². The van der Waals surface area contributed by atoms with Crippen molar-refractivity contribution in [1.29, 1.82) is 0 Å². The summed E-state index contributed by atoms with van der Waals surface area (Å²) in [5.41, 5.74) is 12.8. The zero-order chi connectivity index (χ0) is 27.5. The van der Waals surface area contributed by atoms with E-state index < -0.39 is 5.97 Å². The van der Waals surface area contributed by atoms with Gasteiger partial charge in [-0.2, -0.15) is 0 Å². The number of nitrogens with two attached hydrogens (primary N) is 1. The zero-order valence-electron chi connectivity index (χ0n) is 21.8. The molecule has 8 nitrogen and oxygen atoms in total. The van der Waals surface area contributed by atoms with Crippen LogP contribution in [0.2, 0.25) is 0 Å². The average Bonchev–Trinajstić information content (AvgIpc) is 3.32. The van der Waals surface area contributed by atoms with Gasteiger partial charge >= 0.3 is 5.97 Å². The van der Waals surface area contributed by atoms with Crippen molar-refractivity contribution in [3.63, 3.8) is 0 Å². The first kappa shape index (κ1) is 25.5. The molecule has 0 atom stereocenters. The fourth-order valence-corrected chi connectivity index (χ4v) is 4.81. The number of hydrogen-bond donors (Lipinski definition) is 1. The zero-order valence-corrected chi connectivity index (χ0v) is 21.8. The van der Waals surface area contributed by atoms with Crippen molar-refractivity contribution in [2.75, 3.05) is 7.11 Å². The maximum atomic E-state index is 12.5. The SMILES string of the molecule is COC(=O)c1ccc(-c2cn(C(c3ccccn3)c3ccccn3)c3cc(C(C(C)=O)=C(C)N)cnc23)cc1. The van der Waals surface area contributed by atoms with E-state index in [0.29, 0.717) is 22.4 Å². The number of nitrogens with zero attached hydrogens (tertiary/aromatic N) is 4. The average molecular weight is 518 g/mol. The molecule has 0 saturated carbocycles. The molecular formula is C31H27N5O3. The molecule has 0 spiro atoms. The first-order valence-electron chi connectivity index (χ1n) is 12.4. The highest BCUT2D eigenvalue weighted by Crippen LogP contribution is 2.36. The third-order valence-corrected chi connectivity index (χ3v) is 6.54. The second-order valence-corrected chi connectivity index (χ2v) is 9.14. The number of fused-ring (bicyclic) bond motifs is 1. The second-order valence-electron chi connectivity index (χ2n) is 9.14. The molecule has 8 heteroatoms. The molecule has 5 rings (SSSR count). The van der Waals surface area contributed by atoms with Gasteiger partial charge in [0.2, 0.25) is 0 Å². The van der Waals surface area contributed by atoms with E-state index in [2.05, 4.69) is 14.5 Å². The van der Waals surface area contributed by atoms with E-state index in [0.717, 1.165) is 33.5 Å². The Balaban J connectivity index is 1.80. The molecule has 39 heavy (non-hydrogen) atoms. The minimum absolute atomic E-state index is 0.140. The summed E-state index contributed by atoms with van der Waals surface area (Å²) in [5.74, 6) is -0.545. The molecule has 0 bridgehead atoms. The van der Waals surface area contributed by atoms with Crippen LogP contribution in [0.25, 0.3) is 27.7 Å². The molecule has 4 aromatic heterocycles. The lowest BCUT2D eigenvalue weighted by Crippen LogP contribution is -2.14. The first-order valence-corrected chi connectivity index (χ1v) is 12.4. The number of ether oxygens (including phenoxy) is 1. The summed E-state index contributed by atoms with van der Waals surface area (Å²) in [5, 5.41) is 0. The van der Waals surface area contributed by atoms with Gasteiger partial charge in [0.05, 0.1) is 35.1 Å². The van der Waals surface area contributed by atoms with Crippen LogP contribution in [0.4, 0.5) is 0 Å². The van der Waals surface area contributed by atoms with Gasteiger partial charge in [-0.15, -0.1) is 0 Å². The molecule has 0 aliphatic heterocycles. The minimum Gasteiger partial charge on any atom is -0.465 e. The first-order chi connectivity index (χ1) is 18.9. The van der Waals surface area contributed by atoms with E-state index in [1.54, 1.807) is 37.6 Å². The van der Waals surface area contributed by atoms with Gasteiger partial charge in [-0.3, -0.25) is 19.7 Å². The normalized spacial score (nSPS) is 11.9. The predicted octanol–water partition coefficient (Wildman–Crippen LogP) is 5.20. The third kappa shape index (κ3) is 4.92. The molecular weight excluding hydrogens is 490 g/mol. The number of carbonyl (C=O) groups is 2. The van der Waals surface area contributed by atoms with E-state index in [4.69, 9.17) is 15.5 Å². The van der Waals surface area contributed by atoms with Crippen molar-refractivity contribution in [2.45, 2.75) is 19.9 Å². The Morgan fingerprint density at radius 2 is 1.51 bits per heavy atom. The number of Topliss-reactive ketones (excluding diaryl/α,β-unsaturated/α-hetero) is 1. The van der Waals surface area contributed by atoms with Crippen LogP contribution in [0.15, 0.2) is 97.2 Å². The van der Waals surface area contributed by atoms with Crippen molar-refractivity contribution >= 4 is 28.4 Å². The summed E-state index contributed by atoms with van der Waals surface area (Å²) < 4.78 is 6.92. The number of allylic oxidation sites excluding steroid dienone is 2. The Morgan fingerprint density at radius 1 is 0.872 bits per heavy atom. The fraction of sp³-hybridized carbons (Fsp3) is 0.129. The van der Waals surface area contributed by atoms with Crippen molar-refractivity contribution < 1.29 is 14.3 Å². The Kier molecular flexibility index (Phi) is 7.01. The molecule has 4 heterocycles.